The molecule has 0 atom stereocenters. The zero-order chi connectivity index (χ0) is 14.4. The molecule has 5 nitrogen and oxygen atoms in total. The van der Waals surface area contributed by atoms with Crippen LogP contribution in [-0.2, 0) is 0 Å². The summed E-state index contributed by atoms with van der Waals surface area (Å²) in [5.41, 5.74) is 0.799. The van der Waals surface area contributed by atoms with Crippen molar-refractivity contribution in [2.24, 2.45) is 0 Å². The molecule has 1 heterocycles. The van der Waals surface area contributed by atoms with Crippen LogP contribution >= 0.6 is 12.2 Å². The summed E-state index contributed by atoms with van der Waals surface area (Å²) in [7, 11) is 0. The van der Waals surface area contributed by atoms with Crippen LogP contribution in [-0.4, -0.2) is 21.6 Å². The van der Waals surface area contributed by atoms with E-state index in [1.165, 1.54) is 0 Å². The van der Waals surface area contributed by atoms with Gasteiger partial charge >= 0.3 is 0 Å². The Morgan fingerprint density at radius 3 is 2.70 bits per heavy atom. The first-order valence-corrected chi connectivity index (χ1v) is 6.71. The maximum Gasteiger partial charge on any atom is 0.232 e. The van der Waals surface area contributed by atoms with Crippen LogP contribution in [0.1, 0.15) is 12.6 Å². The van der Waals surface area contributed by atoms with E-state index in [9.17, 15) is 0 Å². The molecule has 0 radical (unpaired) electrons. The van der Waals surface area contributed by atoms with Crippen molar-refractivity contribution in [3.8, 4) is 11.6 Å². The van der Waals surface area contributed by atoms with Gasteiger partial charge in [-0.25, -0.2) is 4.98 Å². The largest absolute Gasteiger partial charge is 0.439 e. The van der Waals surface area contributed by atoms with Gasteiger partial charge in [-0.2, -0.15) is 4.98 Å². The number of nitrogens with one attached hydrogen (secondary N) is 2. The highest BCUT2D eigenvalue weighted by atomic mass is 32.1. The first-order valence-electron chi connectivity index (χ1n) is 6.31. The van der Waals surface area contributed by atoms with Gasteiger partial charge in [0.2, 0.25) is 11.8 Å². The average Bonchev–Trinajstić information content (AvgIpc) is 2.39. The summed E-state index contributed by atoms with van der Waals surface area (Å²) < 4.78 is 5.69. The summed E-state index contributed by atoms with van der Waals surface area (Å²) in [6.07, 6.45) is 0. The lowest BCUT2D eigenvalue weighted by atomic mass is 10.3. The van der Waals surface area contributed by atoms with E-state index >= 15 is 0 Å². The molecular weight excluding hydrogens is 272 g/mol. The third-order valence-corrected chi connectivity index (χ3v) is 2.61. The summed E-state index contributed by atoms with van der Waals surface area (Å²) in [6, 6.07) is 11.3. The zero-order valence-corrected chi connectivity index (χ0v) is 12.2. The van der Waals surface area contributed by atoms with E-state index in [-0.39, 0.29) is 0 Å². The number of aryl methyl sites for hydroxylation is 1. The van der Waals surface area contributed by atoms with Gasteiger partial charge in [-0.15, -0.1) is 0 Å². The van der Waals surface area contributed by atoms with Crippen molar-refractivity contribution in [1.82, 2.24) is 15.3 Å². The van der Waals surface area contributed by atoms with Gasteiger partial charge in [-0.3, -0.25) is 0 Å². The van der Waals surface area contributed by atoms with Gasteiger partial charge in [0.15, 0.2) is 5.11 Å². The molecule has 104 valence electrons. The smallest absolute Gasteiger partial charge is 0.232 e. The Balaban J connectivity index is 2.14. The molecule has 1 aromatic heterocycles. The normalized spacial score (nSPS) is 9.90. The van der Waals surface area contributed by atoms with Crippen molar-refractivity contribution in [3.63, 3.8) is 0 Å². The van der Waals surface area contributed by atoms with Crippen molar-refractivity contribution in [2.45, 2.75) is 13.8 Å². The fraction of sp³-hybridized carbons (Fsp3) is 0.214. The number of anilines is 1. The molecule has 0 bridgehead atoms. The van der Waals surface area contributed by atoms with Gasteiger partial charge in [-0.05, 0) is 38.2 Å². The van der Waals surface area contributed by atoms with Crippen LogP contribution in [0.15, 0.2) is 36.4 Å². The standard InChI is InChI=1S/C14H16N4OS/c1-3-15-14(20)18-13-16-10(2)9-12(17-13)19-11-7-5-4-6-8-11/h4-9H,3H2,1-2H3,(H2,15,16,17,18,20). The Bertz CT molecular complexity index is 589. The number of para-hydroxylation sites is 1. The Kier molecular flexibility index (Phi) is 4.84. The van der Waals surface area contributed by atoms with E-state index in [0.29, 0.717) is 16.9 Å². The topological polar surface area (TPSA) is 59.1 Å². The fourth-order valence-corrected chi connectivity index (χ4v) is 1.80. The van der Waals surface area contributed by atoms with Gasteiger partial charge in [0.05, 0.1) is 0 Å². The third kappa shape index (κ3) is 4.17. The molecule has 0 aliphatic rings. The van der Waals surface area contributed by atoms with Crippen molar-refractivity contribution in [3.05, 3.63) is 42.1 Å². The number of hydrogen-bond acceptors (Lipinski definition) is 4. The van der Waals surface area contributed by atoms with Crippen LogP contribution < -0.4 is 15.4 Å². The number of rotatable bonds is 4. The highest BCUT2D eigenvalue weighted by Crippen LogP contribution is 2.20. The molecule has 0 aliphatic carbocycles. The molecule has 2 N–H and O–H groups in total. The second kappa shape index (κ2) is 6.81. The minimum Gasteiger partial charge on any atom is -0.439 e. The van der Waals surface area contributed by atoms with Crippen LogP contribution in [0.4, 0.5) is 5.95 Å². The maximum atomic E-state index is 5.69. The van der Waals surface area contributed by atoms with E-state index in [4.69, 9.17) is 17.0 Å². The SMILES string of the molecule is CCNC(=S)Nc1nc(C)cc(Oc2ccccc2)n1. The van der Waals surface area contributed by atoms with Crippen LogP contribution in [0.5, 0.6) is 11.6 Å². The second-order valence-corrected chi connectivity index (χ2v) is 4.48. The lowest BCUT2D eigenvalue weighted by Crippen LogP contribution is -2.28. The number of hydrogen-bond donors (Lipinski definition) is 2. The Hall–Kier alpha value is -2.21. The first kappa shape index (κ1) is 14.2. The molecular formula is C14H16N4OS. The van der Waals surface area contributed by atoms with Gasteiger partial charge in [0, 0.05) is 18.3 Å². The molecule has 0 spiro atoms. The Labute approximate surface area is 123 Å². The molecule has 0 amide bonds. The molecule has 1 aromatic carbocycles. The minimum absolute atomic E-state index is 0.418. The number of nitrogens with zero attached hydrogens (tertiary/aromatic N) is 2. The molecule has 0 saturated carbocycles. The quantitative estimate of drug-likeness (QED) is 0.844. The fourth-order valence-electron chi connectivity index (χ4n) is 1.56. The molecule has 6 heteroatoms. The maximum absolute atomic E-state index is 5.69. The minimum atomic E-state index is 0.418. The summed E-state index contributed by atoms with van der Waals surface area (Å²) in [5, 5.41) is 6.40. The summed E-state index contributed by atoms with van der Waals surface area (Å²) in [6.45, 7) is 4.58. The Morgan fingerprint density at radius 2 is 2.00 bits per heavy atom. The lowest BCUT2D eigenvalue weighted by Gasteiger charge is -2.10. The van der Waals surface area contributed by atoms with E-state index in [0.717, 1.165) is 18.0 Å². The van der Waals surface area contributed by atoms with Crippen LogP contribution in [0.2, 0.25) is 0 Å². The second-order valence-electron chi connectivity index (χ2n) is 4.07. The van der Waals surface area contributed by atoms with Gasteiger partial charge in [-0.1, -0.05) is 18.2 Å². The first-order chi connectivity index (χ1) is 9.67. The summed E-state index contributed by atoms with van der Waals surface area (Å²) >= 11 is 5.11. The van der Waals surface area contributed by atoms with Gasteiger partial charge < -0.3 is 15.4 Å². The highest BCUT2D eigenvalue weighted by Gasteiger charge is 2.05. The predicted molar refractivity (Wildman–Crippen MR) is 83.2 cm³/mol. The van der Waals surface area contributed by atoms with Gasteiger partial charge in [0.25, 0.3) is 0 Å². The molecule has 0 saturated heterocycles. The monoisotopic (exact) mass is 288 g/mol. The molecule has 20 heavy (non-hydrogen) atoms. The zero-order valence-electron chi connectivity index (χ0n) is 11.4. The number of aromatic nitrogens is 2. The van der Waals surface area contributed by atoms with E-state index in [2.05, 4.69) is 20.6 Å². The molecule has 2 aromatic rings. The van der Waals surface area contributed by atoms with Crippen molar-refractivity contribution >= 4 is 23.3 Å². The van der Waals surface area contributed by atoms with Crippen LogP contribution in [0, 0.1) is 6.92 Å². The Morgan fingerprint density at radius 1 is 1.25 bits per heavy atom. The van der Waals surface area contributed by atoms with Crippen LogP contribution in [0.25, 0.3) is 0 Å². The number of thiocarbonyl (C=S) groups is 1. The number of ether oxygens (including phenoxy) is 1. The summed E-state index contributed by atoms with van der Waals surface area (Å²) in [5.74, 6) is 1.62. The van der Waals surface area contributed by atoms with Crippen molar-refractivity contribution in [2.75, 3.05) is 11.9 Å². The lowest BCUT2D eigenvalue weighted by molar-refractivity contribution is 0.462. The number of benzene rings is 1. The molecule has 0 fully saturated rings. The van der Waals surface area contributed by atoms with Crippen molar-refractivity contribution in [1.29, 1.82) is 0 Å². The molecule has 0 aliphatic heterocycles. The van der Waals surface area contributed by atoms with E-state index < -0.39 is 0 Å². The highest BCUT2D eigenvalue weighted by molar-refractivity contribution is 7.80. The average molecular weight is 288 g/mol. The third-order valence-electron chi connectivity index (χ3n) is 2.36. The summed E-state index contributed by atoms with van der Waals surface area (Å²) in [4.78, 5) is 8.55. The predicted octanol–water partition coefficient (Wildman–Crippen LogP) is 2.88. The molecule has 0 unspecified atom stereocenters. The molecule has 2 rings (SSSR count). The van der Waals surface area contributed by atoms with E-state index in [1.807, 2.05) is 44.2 Å². The van der Waals surface area contributed by atoms with Crippen molar-refractivity contribution < 1.29 is 4.74 Å². The van der Waals surface area contributed by atoms with Crippen LogP contribution in [0.3, 0.4) is 0 Å². The van der Waals surface area contributed by atoms with Gasteiger partial charge in [0.1, 0.15) is 5.75 Å². The van der Waals surface area contributed by atoms with E-state index in [1.54, 1.807) is 6.07 Å².